The first-order valence-corrected chi connectivity index (χ1v) is 11.8. The largest absolute Gasteiger partial charge is 0.444 e. The normalized spacial score (nSPS) is 16.4. The van der Waals surface area contributed by atoms with Gasteiger partial charge in [-0.1, -0.05) is 5.16 Å². The number of pyridine rings is 1. The highest BCUT2D eigenvalue weighted by atomic mass is 19.1. The molecule has 1 aliphatic heterocycles. The Morgan fingerprint density at radius 2 is 1.97 bits per heavy atom. The van der Waals surface area contributed by atoms with Crippen molar-refractivity contribution in [2.75, 3.05) is 26.7 Å². The Morgan fingerprint density at radius 1 is 1.26 bits per heavy atom. The van der Waals surface area contributed by atoms with Gasteiger partial charge in [0.25, 0.3) is 11.6 Å². The van der Waals surface area contributed by atoms with Crippen molar-refractivity contribution in [2.24, 2.45) is 5.92 Å². The molecule has 3 aromatic rings. The predicted molar refractivity (Wildman–Crippen MR) is 129 cm³/mol. The van der Waals surface area contributed by atoms with E-state index in [1.165, 1.54) is 12.1 Å². The highest BCUT2D eigenvalue weighted by Gasteiger charge is 2.30. The second-order valence-electron chi connectivity index (χ2n) is 10.1. The van der Waals surface area contributed by atoms with Crippen molar-refractivity contribution in [1.82, 2.24) is 19.9 Å². The molecule has 1 aliphatic rings. The molecule has 4 rings (SSSR count). The summed E-state index contributed by atoms with van der Waals surface area (Å²) in [6.45, 7) is 8.91. The van der Waals surface area contributed by atoms with E-state index in [-0.39, 0.29) is 29.4 Å². The van der Waals surface area contributed by atoms with Gasteiger partial charge in [-0.25, -0.2) is 14.2 Å². The topological polar surface area (TPSA) is 88.8 Å². The lowest BCUT2D eigenvalue weighted by Crippen LogP contribution is -2.45. The third kappa shape index (κ3) is 5.61. The summed E-state index contributed by atoms with van der Waals surface area (Å²) in [6, 6.07) is 7.66. The van der Waals surface area contributed by atoms with Crippen LogP contribution >= 0.6 is 0 Å². The summed E-state index contributed by atoms with van der Waals surface area (Å²) in [7, 11) is 1.72. The minimum atomic E-state index is -0.564. The van der Waals surface area contributed by atoms with E-state index in [0.29, 0.717) is 47.5 Å². The molecule has 0 unspecified atom stereocenters. The quantitative estimate of drug-likeness (QED) is 0.517. The van der Waals surface area contributed by atoms with Gasteiger partial charge in [0.1, 0.15) is 11.4 Å². The molecule has 1 atom stereocenters. The van der Waals surface area contributed by atoms with Gasteiger partial charge in [-0.05, 0) is 76.8 Å². The van der Waals surface area contributed by atoms with Crippen LogP contribution in [0.3, 0.4) is 0 Å². The van der Waals surface area contributed by atoms with E-state index in [9.17, 15) is 14.0 Å². The number of nitrogens with zero attached hydrogens (tertiary/aromatic N) is 4. The van der Waals surface area contributed by atoms with E-state index in [2.05, 4.69) is 10.1 Å². The van der Waals surface area contributed by atoms with E-state index >= 15 is 0 Å². The fourth-order valence-electron chi connectivity index (χ4n) is 4.40. The summed E-state index contributed by atoms with van der Waals surface area (Å²) in [5.74, 6) is -0.364. The molecule has 1 aromatic carbocycles. The van der Waals surface area contributed by atoms with Crippen LogP contribution in [0.4, 0.5) is 9.18 Å². The number of hydrogen-bond donors (Lipinski definition) is 0. The predicted octanol–water partition coefficient (Wildman–Crippen LogP) is 5.06. The third-order valence-electron chi connectivity index (χ3n) is 6.03. The summed E-state index contributed by atoms with van der Waals surface area (Å²) in [6.07, 6.45) is 1.37. The lowest BCUT2D eigenvalue weighted by Gasteiger charge is -2.35. The van der Waals surface area contributed by atoms with Gasteiger partial charge < -0.3 is 19.1 Å². The second kappa shape index (κ2) is 9.64. The maximum atomic E-state index is 13.7. The molecule has 8 nitrogen and oxygen atoms in total. The number of aryl methyl sites for hydroxylation is 1. The van der Waals surface area contributed by atoms with Crippen LogP contribution in [0.15, 0.2) is 34.9 Å². The lowest BCUT2D eigenvalue weighted by molar-refractivity contribution is 0.0244. The standard InChI is InChI=1S/C26H31FN4O4/c1-16-22-20(13-21(28-23(22)35-29-16)18-8-10-19(27)11-9-18)24(32)31-12-6-7-17(15-31)14-30(5)25(33)34-26(2,3)4/h8-11,13,17H,6-7,12,14-15H2,1-5H3/t17-/m1/s1. The minimum absolute atomic E-state index is 0.127. The number of carbonyl (C=O) groups excluding carboxylic acids is 2. The van der Waals surface area contributed by atoms with E-state index < -0.39 is 5.60 Å². The fourth-order valence-corrected chi connectivity index (χ4v) is 4.40. The van der Waals surface area contributed by atoms with E-state index in [1.54, 1.807) is 37.1 Å². The molecule has 0 aliphatic carbocycles. The van der Waals surface area contributed by atoms with Crippen molar-refractivity contribution in [3.8, 4) is 11.3 Å². The Hall–Kier alpha value is -3.49. The lowest BCUT2D eigenvalue weighted by atomic mass is 9.96. The van der Waals surface area contributed by atoms with Crippen LogP contribution in [0.5, 0.6) is 0 Å². The Morgan fingerprint density at radius 3 is 2.66 bits per heavy atom. The van der Waals surface area contributed by atoms with Crippen molar-refractivity contribution in [1.29, 1.82) is 0 Å². The number of piperidine rings is 1. The van der Waals surface area contributed by atoms with E-state index in [0.717, 1.165) is 12.8 Å². The first-order valence-electron chi connectivity index (χ1n) is 11.8. The van der Waals surface area contributed by atoms with Crippen molar-refractivity contribution >= 4 is 23.1 Å². The molecule has 0 N–H and O–H groups in total. The molecule has 1 saturated heterocycles. The molecule has 186 valence electrons. The van der Waals surface area contributed by atoms with Crippen molar-refractivity contribution in [3.63, 3.8) is 0 Å². The van der Waals surface area contributed by atoms with E-state index in [1.807, 2.05) is 25.7 Å². The Labute approximate surface area is 204 Å². The number of likely N-dealkylation sites (tertiary alicyclic amines) is 1. The zero-order valence-corrected chi connectivity index (χ0v) is 20.8. The van der Waals surface area contributed by atoms with Crippen molar-refractivity contribution in [2.45, 2.75) is 46.1 Å². The van der Waals surface area contributed by atoms with Gasteiger partial charge in [0, 0.05) is 32.2 Å². The SMILES string of the molecule is Cc1noc2nc(-c3ccc(F)cc3)cc(C(=O)N3CCC[C@H](CN(C)C(=O)OC(C)(C)C)C3)c12. The molecule has 0 spiro atoms. The Kier molecular flexibility index (Phi) is 6.78. The second-order valence-corrected chi connectivity index (χ2v) is 10.1. The zero-order valence-electron chi connectivity index (χ0n) is 20.8. The van der Waals surface area contributed by atoms with Gasteiger partial charge in [0.05, 0.1) is 22.3 Å². The summed E-state index contributed by atoms with van der Waals surface area (Å²) in [5, 5.41) is 4.59. The van der Waals surface area contributed by atoms with Crippen LogP contribution in [0.2, 0.25) is 0 Å². The molecule has 2 aromatic heterocycles. The summed E-state index contributed by atoms with van der Waals surface area (Å²) in [4.78, 5) is 34.0. The number of carbonyl (C=O) groups is 2. The summed E-state index contributed by atoms with van der Waals surface area (Å²) >= 11 is 0. The fraction of sp³-hybridized carbons (Fsp3) is 0.462. The van der Waals surface area contributed by atoms with Gasteiger partial charge in [0.2, 0.25) is 0 Å². The van der Waals surface area contributed by atoms with Gasteiger partial charge in [-0.2, -0.15) is 0 Å². The van der Waals surface area contributed by atoms with Crippen LogP contribution in [0.1, 0.15) is 49.7 Å². The average molecular weight is 483 g/mol. The number of halogens is 1. The molecule has 9 heteroatoms. The number of benzene rings is 1. The highest BCUT2D eigenvalue weighted by molar-refractivity contribution is 6.07. The van der Waals surface area contributed by atoms with Crippen molar-refractivity contribution < 1.29 is 23.2 Å². The van der Waals surface area contributed by atoms with Gasteiger partial charge in [0.15, 0.2) is 0 Å². The molecule has 1 fully saturated rings. The zero-order chi connectivity index (χ0) is 25.3. The molecule has 0 radical (unpaired) electrons. The molecule has 35 heavy (non-hydrogen) atoms. The highest BCUT2D eigenvalue weighted by Crippen LogP contribution is 2.29. The molecule has 0 bridgehead atoms. The number of ether oxygens (including phenoxy) is 1. The molecule has 0 saturated carbocycles. The average Bonchev–Trinajstić information content (AvgIpc) is 3.18. The Balaban J connectivity index is 1.57. The van der Waals surface area contributed by atoms with Crippen LogP contribution in [0, 0.1) is 18.7 Å². The van der Waals surface area contributed by atoms with Gasteiger partial charge in [-0.3, -0.25) is 4.79 Å². The molecule has 2 amide bonds. The van der Waals surface area contributed by atoms with Gasteiger partial charge in [-0.15, -0.1) is 0 Å². The summed E-state index contributed by atoms with van der Waals surface area (Å²) < 4.78 is 24.3. The maximum Gasteiger partial charge on any atom is 0.410 e. The Bertz CT molecular complexity index is 1230. The summed E-state index contributed by atoms with van der Waals surface area (Å²) in [5.41, 5.74) is 1.92. The maximum absolute atomic E-state index is 13.7. The van der Waals surface area contributed by atoms with Crippen molar-refractivity contribution in [3.05, 3.63) is 47.4 Å². The first kappa shape index (κ1) is 24.6. The minimum Gasteiger partial charge on any atom is -0.444 e. The number of rotatable bonds is 4. The van der Waals surface area contributed by atoms with Crippen LogP contribution in [0.25, 0.3) is 22.4 Å². The molecular weight excluding hydrogens is 451 g/mol. The molecular formula is C26H31FN4O4. The van der Waals surface area contributed by atoms with Crippen LogP contribution in [-0.2, 0) is 4.74 Å². The van der Waals surface area contributed by atoms with Crippen LogP contribution in [-0.4, -0.2) is 64.2 Å². The number of fused-ring (bicyclic) bond motifs is 1. The number of amides is 2. The van der Waals surface area contributed by atoms with Crippen LogP contribution < -0.4 is 0 Å². The smallest absolute Gasteiger partial charge is 0.410 e. The van der Waals surface area contributed by atoms with Gasteiger partial charge >= 0.3 is 6.09 Å². The number of aromatic nitrogens is 2. The van der Waals surface area contributed by atoms with E-state index in [4.69, 9.17) is 9.26 Å². The first-order chi connectivity index (χ1) is 16.5. The monoisotopic (exact) mass is 482 g/mol. The number of hydrogen-bond acceptors (Lipinski definition) is 6. The third-order valence-corrected chi connectivity index (χ3v) is 6.03. The molecule has 3 heterocycles.